The SMILES string of the molecule is N[C@@H](CCC(=O)N[C@@H](COP(=O)(O)NC(CCC(=O)O)C(=O)O)OC=O)OC=O. The average Bonchev–Trinajstić information content (AvgIpc) is 2.61. The molecular formula is C13H22N3O12P. The lowest BCUT2D eigenvalue weighted by Gasteiger charge is -2.21. The molecule has 0 saturated carbocycles. The fraction of sp³-hybridized carbons (Fsp3) is 0.615. The first-order valence-electron chi connectivity index (χ1n) is 7.93. The van der Waals surface area contributed by atoms with Gasteiger partial charge in [0.1, 0.15) is 12.6 Å². The smallest absolute Gasteiger partial charge is 0.403 e. The molecule has 0 aromatic carbocycles. The summed E-state index contributed by atoms with van der Waals surface area (Å²) in [6.07, 6.45) is -3.96. The van der Waals surface area contributed by atoms with E-state index < -0.39 is 63.5 Å². The van der Waals surface area contributed by atoms with Gasteiger partial charge in [0.05, 0.1) is 0 Å². The molecule has 2 unspecified atom stereocenters. The number of carbonyl (C=O) groups excluding carboxylic acids is 3. The summed E-state index contributed by atoms with van der Waals surface area (Å²) < 4.78 is 25.4. The van der Waals surface area contributed by atoms with E-state index in [2.05, 4.69) is 19.3 Å². The highest BCUT2D eigenvalue weighted by atomic mass is 31.2. The maximum atomic E-state index is 11.9. The van der Waals surface area contributed by atoms with Gasteiger partial charge >= 0.3 is 19.7 Å². The first kappa shape index (κ1) is 26.4. The van der Waals surface area contributed by atoms with Crippen molar-refractivity contribution >= 4 is 38.5 Å². The molecule has 15 nitrogen and oxygen atoms in total. The fourth-order valence-electron chi connectivity index (χ4n) is 1.76. The molecule has 0 aliphatic heterocycles. The standard InChI is InChI=1S/C13H22N3O12P/c14-9(26-6-17)2-3-10(19)15-11(27-7-18)5-28-29(24,25)16-8(13(22)23)1-4-12(20)21/h6-9,11H,1-5,14H2,(H,15,19)(H,20,21)(H,22,23)(H2,16,24,25)/t8?,9-,11-/m1/s1. The molecule has 0 saturated heterocycles. The molecular weight excluding hydrogens is 421 g/mol. The second-order valence-electron chi connectivity index (χ2n) is 5.37. The molecule has 0 radical (unpaired) electrons. The van der Waals surface area contributed by atoms with Crippen molar-refractivity contribution in [3.8, 4) is 0 Å². The molecule has 7 N–H and O–H groups in total. The number of ether oxygens (including phenoxy) is 2. The summed E-state index contributed by atoms with van der Waals surface area (Å²) in [6.45, 7) is -0.813. The third kappa shape index (κ3) is 13.3. The Morgan fingerprint density at radius 1 is 1.07 bits per heavy atom. The van der Waals surface area contributed by atoms with E-state index in [0.717, 1.165) is 0 Å². The highest BCUT2D eigenvalue weighted by molar-refractivity contribution is 7.50. The molecule has 0 rings (SSSR count). The van der Waals surface area contributed by atoms with E-state index in [1.165, 1.54) is 0 Å². The molecule has 0 bridgehead atoms. The fourth-order valence-corrected chi connectivity index (χ4v) is 2.81. The number of amides is 1. The van der Waals surface area contributed by atoms with Gasteiger partial charge in [-0.05, 0) is 6.42 Å². The Morgan fingerprint density at radius 3 is 2.21 bits per heavy atom. The normalized spacial score (nSPS) is 15.8. The summed E-state index contributed by atoms with van der Waals surface area (Å²) in [7, 11) is -4.77. The minimum Gasteiger partial charge on any atom is -0.481 e. The Hall–Kier alpha value is -2.58. The number of rotatable bonds is 17. The third-order valence-electron chi connectivity index (χ3n) is 3.09. The first-order chi connectivity index (χ1) is 13.5. The van der Waals surface area contributed by atoms with E-state index in [-0.39, 0.29) is 25.8 Å². The predicted octanol–water partition coefficient (Wildman–Crippen LogP) is -2.14. The van der Waals surface area contributed by atoms with Gasteiger partial charge in [-0.3, -0.25) is 34.2 Å². The molecule has 166 valence electrons. The number of carboxylic acids is 2. The van der Waals surface area contributed by atoms with Gasteiger partial charge < -0.3 is 29.9 Å². The second-order valence-corrected chi connectivity index (χ2v) is 6.92. The highest BCUT2D eigenvalue weighted by Crippen LogP contribution is 2.38. The average molecular weight is 443 g/mol. The minimum atomic E-state index is -4.77. The molecule has 0 heterocycles. The van der Waals surface area contributed by atoms with Gasteiger partial charge in [0.2, 0.25) is 5.91 Å². The van der Waals surface area contributed by atoms with Crippen molar-refractivity contribution < 1.29 is 57.6 Å². The van der Waals surface area contributed by atoms with Crippen LogP contribution in [0.5, 0.6) is 0 Å². The monoisotopic (exact) mass is 443 g/mol. The number of nitrogens with two attached hydrogens (primary N) is 1. The van der Waals surface area contributed by atoms with Crippen molar-refractivity contribution in [1.82, 2.24) is 10.4 Å². The van der Waals surface area contributed by atoms with Crippen LogP contribution in [0, 0.1) is 0 Å². The zero-order chi connectivity index (χ0) is 22.4. The topological polar surface area (TPSA) is 241 Å². The second kappa shape index (κ2) is 13.6. The lowest BCUT2D eigenvalue weighted by molar-refractivity contribution is -0.142. The zero-order valence-corrected chi connectivity index (χ0v) is 15.9. The molecule has 1 amide bonds. The van der Waals surface area contributed by atoms with Crippen molar-refractivity contribution in [3.63, 3.8) is 0 Å². The van der Waals surface area contributed by atoms with Crippen LogP contribution in [-0.4, -0.2) is 71.0 Å². The van der Waals surface area contributed by atoms with E-state index in [1.54, 1.807) is 5.09 Å². The van der Waals surface area contributed by atoms with Crippen molar-refractivity contribution in [2.45, 2.75) is 44.2 Å². The van der Waals surface area contributed by atoms with E-state index >= 15 is 0 Å². The largest absolute Gasteiger partial charge is 0.481 e. The van der Waals surface area contributed by atoms with Crippen LogP contribution in [-0.2, 0) is 42.5 Å². The summed E-state index contributed by atoms with van der Waals surface area (Å²) in [5.74, 6) is -3.63. The van der Waals surface area contributed by atoms with Crippen LogP contribution in [0.15, 0.2) is 0 Å². The van der Waals surface area contributed by atoms with Crippen LogP contribution in [0.1, 0.15) is 25.7 Å². The molecule has 0 spiro atoms. The Labute approximate surface area is 164 Å². The van der Waals surface area contributed by atoms with E-state index in [0.29, 0.717) is 0 Å². The minimum absolute atomic E-state index is 0.0663. The number of carbonyl (C=O) groups is 5. The van der Waals surface area contributed by atoms with Crippen molar-refractivity contribution in [2.75, 3.05) is 6.61 Å². The zero-order valence-electron chi connectivity index (χ0n) is 15.0. The number of aliphatic carboxylic acids is 2. The van der Waals surface area contributed by atoms with Crippen LogP contribution >= 0.6 is 7.75 Å². The van der Waals surface area contributed by atoms with Crippen LogP contribution in [0.4, 0.5) is 0 Å². The predicted molar refractivity (Wildman–Crippen MR) is 90.6 cm³/mol. The maximum absolute atomic E-state index is 11.9. The first-order valence-corrected chi connectivity index (χ1v) is 9.51. The lowest BCUT2D eigenvalue weighted by atomic mass is 10.2. The van der Waals surface area contributed by atoms with Gasteiger partial charge in [-0.15, -0.1) is 0 Å². The van der Waals surface area contributed by atoms with Gasteiger partial charge in [-0.25, -0.2) is 9.65 Å². The van der Waals surface area contributed by atoms with Crippen LogP contribution < -0.4 is 16.1 Å². The van der Waals surface area contributed by atoms with E-state index in [4.69, 9.17) is 15.9 Å². The van der Waals surface area contributed by atoms with Crippen molar-refractivity contribution in [1.29, 1.82) is 0 Å². The Morgan fingerprint density at radius 2 is 1.69 bits per heavy atom. The Kier molecular flexibility index (Phi) is 12.4. The van der Waals surface area contributed by atoms with Gasteiger partial charge in [0, 0.05) is 19.3 Å². The summed E-state index contributed by atoms with van der Waals surface area (Å²) in [4.78, 5) is 63.5. The molecule has 0 fully saturated rings. The van der Waals surface area contributed by atoms with Crippen molar-refractivity contribution in [2.24, 2.45) is 5.73 Å². The van der Waals surface area contributed by atoms with Gasteiger partial charge in [-0.2, -0.15) is 0 Å². The van der Waals surface area contributed by atoms with Crippen LogP contribution in [0.2, 0.25) is 0 Å². The van der Waals surface area contributed by atoms with Gasteiger partial charge in [0.25, 0.3) is 12.9 Å². The van der Waals surface area contributed by atoms with E-state index in [1.807, 2.05) is 0 Å². The summed E-state index contributed by atoms with van der Waals surface area (Å²) in [5, 5.41) is 21.4. The molecule has 0 aliphatic rings. The summed E-state index contributed by atoms with van der Waals surface area (Å²) in [5.41, 5.74) is 5.34. The van der Waals surface area contributed by atoms with Gasteiger partial charge in [0.15, 0.2) is 12.5 Å². The quantitative estimate of drug-likeness (QED) is 0.0799. The Bertz CT molecular complexity index is 630. The van der Waals surface area contributed by atoms with Crippen molar-refractivity contribution in [3.05, 3.63) is 0 Å². The molecule has 16 heteroatoms. The lowest BCUT2D eigenvalue weighted by Crippen LogP contribution is -2.41. The number of carboxylic acid groups (broad SMARTS) is 2. The van der Waals surface area contributed by atoms with E-state index in [9.17, 15) is 33.4 Å². The summed E-state index contributed by atoms with van der Waals surface area (Å²) in [6, 6.07) is -1.71. The highest BCUT2D eigenvalue weighted by Gasteiger charge is 2.30. The molecule has 4 atom stereocenters. The number of nitrogens with one attached hydrogen (secondary N) is 2. The Balaban J connectivity index is 4.69. The number of hydrogen-bond donors (Lipinski definition) is 6. The molecule has 0 aromatic heterocycles. The third-order valence-corrected chi connectivity index (χ3v) is 4.23. The van der Waals surface area contributed by atoms with Crippen LogP contribution in [0.3, 0.4) is 0 Å². The number of hydrogen-bond acceptors (Lipinski definition) is 10. The van der Waals surface area contributed by atoms with Crippen LogP contribution in [0.25, 0.3) is 0 Å². The molecule has 0 aliphatic carbocycles. The summed E-state index contributed by atoms with van der Waals surface area (Å²) >= 11 is 0. The maximum Gasteiger partial charge on any atom is 0.403 e. The molecule has 29 heavy (non-hydrogen) atoms. The molecule has 0 aromatic rings. The van der Waals surface area contributed by atoms with Gasteiger partial charge in [-0.1, -0.05) is 0 Å².